The Labute approximate surface area is 126 Å². The first-order valence-corrected chi connectivity index (χ1v) is 8.74. The third-order valence-electron chi connectivity index (χ3n) is 3.94. The number of sulfonamides is 1. The van der Waals surface area contributed by atoms with Gasteiger partial charge in [-0.25, -0.2) is 8.42 Å². The average molecular weight is 313 g/mol. The van der Waals surface area contributed by atoms with E-state index in [-0.39, 0.29) is 11.0 Å². The maximum atomic E-state index is 12.7. The molecule has 6 heteroatoms. The van der Waals surface area contributed by atoms with Crippen LogP contribution in [0.1, 0.15) is 37.9 Å². The van der Waals surface area contributed by atoms with Crippen LogP contribution in [0.3, 0.4) is 0 Å². The van der Waals surface area contributed by atoms with Crippen LogP contribution in [0.4, 0.5) is 0 Å². The van der Waals surface area contributed by atoms with Gasteiger partial charge in [0, 0.05) is 20.2 Å². The summed E-state index contributed by atoms with van der Waals surface area (Å²) in [6.07, 6.45) is 1.57. The first-order valence-electron chi connectivity index (χ1n) is 7.30. The Kier molecular flexibility index (Phi) is 5.37. The zero-order valence-electron chi connectivity index (χ0n) is 12.5. The number of hydrogen-bond acceptors (Lipinski definition) is 4. The molecule has 118 valence electrons. The van der Waals surface area contributed by atoms with E-state index in [1.165, 1.54) is 4.31 Å². The number of methoxy groups -OCH3 is 1. The Morgan fingerprint density at radius 1 is 1.48 bits per heavy atom. The molecule has 2 rings (SSSR count). The summed E-state index contributed by atoms with van der Waals surface area (Å²) in [6.45, 7) is 2.77. The van der Waals surface area contributed by atoms with Gasteiger partial charge >= 0.3 is 0 Å². The van der Waals surface area contributed by atoms with Crippen LogP contribution >= 0.6 is 0 Å². The van der Waals surface area contributed by atoms with Crippen molar-refractivity contribution in [3.8, 4) is 0 Å². The Morgan fingerprint density at radius 2 is 2.24 bits per heavy atom. The summed E-state index contributed by atoms with van der Waals surface area (Å²) in [6, 6.07) is 6.58. The van der Waals surface area contributed by atoms with Crippen LogP contribution in [0.2, 0.25) is 0 Å². The fourth-order valence-corrected chi connectivity index (χ4v) is 4.15. The van der Waals surface area contributed by atoms with Crippen LogP contribution in [0, 0.1) is 0 Å². The highest BCUT2D eigenvalue weighted by molar-refractivity contribution is 7.89. The normalized spacial score (nSPS) is 22.1. The van der Waals surface area contributed by atoms with Gasteiger partial charge in [0.15, 0.2) is 0 Å². The lowest BCUT2D eigenvalue weighted by molar-refractivity contribution is 0.0572. The molecule has 1 aromatic carbocycles. The molecule has 1 aliphatic rings. The van der Waals surface area contributed by atoms with E-state index in [1.807, 2.05) is 6.92 Å². The van der Waals surface area contributed by atoms with E-state index < -0.39 is 16.1 Å². The molecule has 2 unspecified atom stereocenters. The Hall–Kier alpha value is -0.950. The van der Waals surface area contributed by atoms with Gasteiger partial charge in [-0.1, -0.05) is 19.1 Å². The van der Waals surface area contributed by atoms with Crippen LogP contribution in [-0.2, 0) is 14.8 Å². The van der Waals surface area contributed by atoms with Crippen molar-refractivity contribution in [1.29, 1.82) is 0 Å². The summed E-state index contributed by atoms with van der Waals surface area (Å²) in [5.41, 5.74) is 0.638. The van der Waals surface area contributed by atoms with Gasteiger partial charge in [0.2, 0.25) is 10.0 Å². The molecule has 1 fully saturated rings. The molecule has 1 heterocycles. The van der Waals surface area contributed by atoms with E-state index in [4.69, 9.17) is 4.74 Å². The second-order valence-corrected chi connectivity index (χ2v) is 7.30. The van der Waals surface area contributed by atoms with Gasteiger partial charge in [0.05, 0.1) is 17.1 Å². The van der Waals surface area contributed by atoms with E-state index in [0.717, 1.165) is 12.8 Å². The van der Waals surface area contributed by atoms with Gasteiger partial charge in [0.1, 0.15) is 0 Å². The van der Waals surface area contributed by atoms with Crippen molar-refractivity contribution < 1.29 is 18.3 Å². The van der Waals surface area contributed by atoms with E-state index in [1.54, 1.807) is 31.4 Å². The van der Waals surface area contributed by atoms with Crippen molar-refractivity contribution >= 4 is 10.0 Å². The van der Waals surface area contributed by atoms with Crippen molar-refractivity contribution in [3.63, 3.8) is 0 Å². The topological polar surface area (TPSA) is 66.8 Å². The standard InChI is InChI=1S/C15H23NO4S/c1-3-15(17)12-6-4-8-14(10-12)21(18,19)16-9-5-7-13(11-16)20-2/h4,6,8,10,13,15,17H,3,5,7,9,11H2,1-2H3. The predicted octanol–water partition coefficient (Wildman–Crippen LogP) is 1.93. The Bertz CT molecular complexity index is 573. The zero-order valence-corrected chi connectivity index (χ0v) is 13.3. The van der Waals surface area contributed by atoms with E-state index in [0.29, 0.717) is 25.1 Å². The number of rotatable bonds is 5. The van der Waals surface area contributed by atoms with Gasteiger partial charge in [0.25, 0.3) is 0 Å². The molecule has 0 bridgehead atoms. The predicted molar refractivity (Wildman–Crippen MR) is 80.5 cm³/mol. The van der Waals surface area contributed by atoms with Crippen molar-refractivity contribution in [2.24, 2.45) is 0 Å². The molecular formula is C15H23NO4S. The Morgan fingerprint density at radius 3 is 2.90 bits per heavy atom. The lowest BCUT2D eigenvalue weighted by Crippen LogP contribution is -2.42. The van der Waals surface area contributed by atoms with Crippen LogP contribution in [0.15, 0.2) is 29.2 Å². The van der Waals surface area contributed by atoms with Gasteiger partial charge in [-0.2, -0.15) is 4.31 Å². The van der Waals surface area contributed by atoms with Crippen LogP contribution in [0.25, 0.3) is 0 Å². The summed E-state index contributed by atoms with van der Waals surface area (Å²) >= 11 is 0. The second-order valence-electron chi connectivity index (χ2n) is 5.36. The number of aliphatic hydroxyl groups excluding tert-OH is 1. The molecule has 0 radical (unpaired) electrons. The molecule has 1 aliphatic heterocycles. The largest absolute Gasteiger partial charge is 0.388 e. The second kappa shape index (κ2) is 6.87. The quantitative estimate of drug-likeness (QED) is 0.902. The van der Waals surface area contributed by atoms with Gasteiger partial charge in [-0.05, 0) is 37.0 Å². The number of ether oxygens (including phenoxy) is 1. The van der Waals surface area contributed by atoms with Crippen molar-refractivity contribution in [1.82, 2.24) is 4.31 Å². The summed E-state index contributed by atoms with van der Waals surface area (Å²) in [7, 11) is -1.92. The van der Waals surface area contributed by atoms with Crippen molar-refractivity contribution in [2.45, 2.75) is 43.3 Å². The molecule has 21 heavy (non-hydrogen) atoms. The molecule has 2 atom stereocenters. The molecule has 0 saturated carbocycles. The fourth-order valence-electron chi connectivity index (χ4n) is 2.58. The van der Waals surface area contributed by atoms with Crippen LogP contribution in [0.5, 0.6) is 0 Å². The highest BCUT2D eigenvalue weighted by atomic mass is 32.2. The maximum absolute atomic E-state index is 12.7. The van der Waals surface area contributed by atoms with Crippen LogP contribution < -0.4 is 0 Å². The number of piperidine rings is 1. The van der Waals surface area contributed by atoms with E-state index in [2.05, 4.69) is 0 Å². The molecule has 0 amide bonds. The Balaban J connectivity index is 2.27. The molecule has 1 N–H and O–H groups in total. The number of nitrogens with zero attached hydrogens (tertiary/aromatic N) is 1. The number of benzene rings is 1. The minimum atomic E-state index is -3.53. The molecule has 1 saturated heterocycles. The molecule has 0 aliphatic carbocycles. The smallest absolute Gasteiger partial charge is 0.243 e. The summed E-state index contributed by atoms with van der Waals surface area (Å²) < 4.78 is 32.2. The minimum absolute atomic E-state index is 0.0436. The summed E-state index contributed by atoms with van der Waals surface area (Å²) in [5.74, 6) is 0. The lowest BCUT2D eigenvalue weighted by atomic mass is 10.1. The van der Waals surface area contributed by atoms with Crippen molar-refractivity contribution in [3.05, 3.63) is 29.8 Å². The lowest BCUT2D eigenvalue weighted by Gasteiger charge is -2.31. The van der Waals surface area contributed by atoms with Crippen LogP contribution in [-0.4, -0.2) is 44.1 Å². The maximum Gasteiger partial charge on any atom is 0.243 e. The first kappa shape index (κ1) is 16.4. The van der Waals surface area contributed by atoms with Gasteiger partial charge in [-0.15, -0.1) is 0 Å². The highest BCUT2D eigenvalue weighted by Gasteiger charge is 2.30. The van der Waals surface area contributed by atoms with Crippen molar-refractivity contribution in [2.75, 3.05) is 20.2 Å². The minimum Gasteiger partial charge on any atom is -0.388 e. The molecule has 0 aromatic heterocycles. The molecular weight excluding hydrogens is 290 g/mol. The average Bonchev–Trinajstić information content (AvgIpc) is 2.54. The molecule has 0 spiro atoms. The van der Waals surface area contributed by atoms with Gasteiger partial charge < -0.3 is 9.84 Å². The number of hydrogen-bond donors (Lipinski definition) is 1. The monoisotopic (exact) mass is 313 g/mol. The number of aliphatic hydroxyl groups is 1. The third kappa shape index (κ3) is 3.63. The SMILES string of the molecule is CCC(O)c1cccc(S(=O)(=O)N2CCCC(OC)C2)c1. The summed E-state index contributed by atoms with van der Waals surface area (Å²) in [4.78, 5) is 0.240. The highest BCUT2D eigenvalue weighted by Crippen LogP contribution is 2.25. The third-order valence-corrected chi connectivity index (χ3v) is 5.80. The molecule has 5 nitrogen and oxygen atoms in total. The van der Waals surface area contributed by atoms with E-state index >= 15 is 0 Å². The first-order chi connectivity index (χ1) is 9.98. The summed E-state index contributed by atoms with van der Waals surface area (Å²) in [5, 5.41) is 9.88. The molecule has 1 aromatic rings. The fraction of sp³-hybridized carbons (Fsp3) is 0.600. The zero-order chi connectivity index (χ0) is 15.5. The van der Waals surface area contributed by atoms with E-state index in [9.17, 15) is 13.5 Å². The van der Waals surface area contributed by atoms with Gasteiger partial charge in [-0.3, -0.25) is 0 Å².